The van der Waals surface area contributed by atoms with E-state index in [1.165, 1.54) is 6.07 Å². The average Bonchev–Trinajstić information content (AvgIpc) is 2.86. The first-order valence-electron chi connectivity index (χ1n) is 9.93. The van der Waals surface area contributed by atoms with Crippen LogP contribution in [0, 0.1) is 18.3 Å². The first-order chi connectivity index (χ1) is 12.9. The number of alkyl halides is 3. The zero-order valence-electron chi connectivity index (χ0n) is 16.7. The number of rotatable bonds is 0. The van der Waals surface area contributed by atoms with Gasteiger partial charge in [0.2, 0.25) is 0 Å². The fourth-order valence-corrected chi connectivity index (χ4v) is 6.13. The van der Waals surface area contributed by atoms with Gasteiger partial charge in [0.25, 0.3) is 0 Å². The van der Waals surface area contributed by atoms with Gasteiger partial charge in [0.15, 0.2) is 11.5 Å². The number of halogens is 3. The summed E-state index contributed by atoms with van der Waals surface area (Å²) in [5.41, 5.74) is 0.554. The Balaban J connectivity index is 2.09. The van der Waals surface area contributed by atoms with E-state index in [-0.39, 0.29) is 46.2 Å². The van der Waals surface area contributed by atoms with Gasteiger partial charge in [-0.3, -0.25) is 0 Å². The van der Waals surface area contributed by atoms with E-state index < -0.39 is 17.5 Å². The highest BCUT2D eigenvalue weighted by molar-refractivity contribution is 5.90. The molecule has 2 aromatic rings. The Hall–Kier alpha value is -1.85. The maximum absolute atomic E-state index is 14.0. The van der Waals surface area contributed by atoms with Gasteiger partial charge in [0.1, 0.15) is 17.3 Å². The molecular formula is C22H27F3O3. The lowest BCUT2D eigenvalue weighted by atomic mass is 9.53. The molecule has 154 valence electrons. The Morgan fingerprint density at radius 1 is 1.11 bits per heavy atom. The minimum Gasteiger partial charge on any atom is -0.504 e. The van der Waals surface area contributed by atoms with E-state index in [2.05, 4.69) is 20.8 Å². The number of furan rings is 1. The largest absolute Gasteiger partial charge is 0.504 e. The van der Waals surface area contributed by atoms with Crippen molar-refractivity contribution in [3.05, 3.63) is 23.0 Å². The molecule has 6 heteroatoms. The van der Waals surface area contributed by atoms with E-state index in [4.69, 9.17) is 4.42 Å². The van der Waals surface area contributed by atoms with Crippen LogP contribution in [0.2, 0.25) is 0 Å². The summed E-state index contributed by atoms with van der Waals surface area (Å²) in [6.45, 7) is 7.93. The Kier molecular flexibility index (Phi) is 4.05. The predicted octanol–water partition coefficient (Wildman–Crippen LogP) is 6.68. The zero-order valence-corrected chi connectivity index (χ0v) is 16.7. The third-order valence-corrected chi connectivity index (χ3v) is 7.45. The first kappa shape index (κ1) is 19.5. The number of fused-ring (bicyclic) bond motifs is 5. The maximum atomic E-state index is 14.0. The quantitative estimate of drug-likeness (QED) is 0.489. The van der Waals surface area contributed by atoms with Crippen LogP contribution in [0.3, 0.4) is 0 Å². The standard InChI is InChI=1S/C22H27F3O3/c1-11-17(27)14(26)10-12-16-19(28-18(11)12)13(22(23,24)25)6-7-15-20(2,3)8-5-9-21(15,16)4/h10,13,15,26-27H,5-9H2,1-4H3/t13?,15-,21-/m1/s1. The van der Waals surface area contributed by atoms with E-state index in [0.29, 0.717) is 17.4 Å². The monoisotopic (exact) mass is 396 g/mol. The van der Waals surface area contributed by atoms with E-state index in [1.807, 2.05) is 0 Å². The van der Waals surface area contributed by atoms with Gasteiger partial charge >= 0.3 is 6.18 Å². The van der Waals surface area contributed by atoms with Crippen molar-refractivity contribution in [2.75, 3.05) is 0 Å². The molecule has 3 atom stereocenters. The van der Waals surface area contributed by atoms with Gasteiger partial charge in [-0.25, -0.2) is 0 Å². The molecule has 3 nitrogen and oxygen atoms in total. The molecule has 2 N–H and O–H groups in total. The normalized spacial score (nSPS) is 30.0. The summed E-state index contributed by atoms with van der Waals surface area (Å²) in [7, 11) is 0. The summed E-state index contributed by atoms with van der Waals surface area (Å²) in [6.07, 6.45) is -1.21. The summed E-state index contributed by atoms with van der Waals surface area (Å²) in [5.74, 6) is -2.28. The van der Waals surface area contributed by atoms with Crippen molar-refractivity contribution in [1.29, 1.82) is 0 Å². The van der Waals surface area contributed by atoms with Crippen LogP contribution in [0.15, 0.2) is 10.5 Å². The molecule has 2 aliphatic rings. The summed E-state index contributed by atoms with van der Waals surface area (Å²) in [5, 5.41) is 20.8. The van der Waals surface area contributed by atoms with Crippen molar-refractivity contribution < 1.29 is 27.8 Å². The maximum Gasteiger partial charge on any atom is 0.398 e. The molecule has 1 aromatic heterocycles. The number of hydrogen-bond donors (Lipinski definition) is 2. The Morgan fingerprint density at radius 3 is 2.43 bits per heavy atom. The lowest BCUT2D eigenvalue weighted by Crippen LogP contribution is -2.44. The van der Waals surface area contributed by atoms with Crippen LogP contribution in [0.5, 0.6) is 11.5 Å². The van der Waals surface area contributed by atoms with Crippen LogP contribution in [-0.2, 0) is 5.41 Å². The number of benzene rings is 1. The summed E-state index contributed by atoms with van der Waals surface area (Å²) in [4.78, 5) is 0. The van der Waals surface area contributed by atoms with Gasteiger partial charge in [0, 0.05) is 16.5 Å². The van der Waals surface area contributed by atoms with Crippen molar-refractivity contribution in [2.24, 2.45) is 11.3 Å². The molecule has 1 aromatic carbocycles. The highest BCUT2D eigenvalue weighted by Gasteiger charge is 2.56. The molecule has 0 spiro atoms. The van der Waals surface area contributed by atoms with Crippen LogP contribution in [-0.4, -0.2) is 16.4 Å². The second kappa shape index (κ2) is 5.83. The minimum absolute atomic E-state index is 0.00296. The fraction of sp³-hybridized carbons (Fsp3) is 0.636. The van der Waals surface area contributed by atoms with Crippen LogP contribution < -0.4 is 0 Å². The van der Waals surface area contributed by atoms with Gasteiger partial charge in [-0.05, 0) is 55.4 Å². The molecule has 2 aliphatic carbocycles. The van der Waals surface area contributed by atoms with Gasteiger partial charge in [0.05, 0.1) is 0 Å². The SMILES string of the molecule is Cc1c(O)c(O)cc2c3c(oc12)C(C(F)(F)F)CC[C@@H]1C(C)(C)CCC[C@@]31C. The molecular weight excluding hydrogens is 369 g/mol. The van der Waals surface area contributed by atoms with Crippen LogP contribution in [0.1, 0.15) is 75.7 Å². The first-order valence-corrected chi connectivity index (χ1v) is 9.93. The van der Waals surface area contributed by atoms with Crippen molar-refractivity contribution in [3.63, 3.8) is 0 Å². The van der Waals surface area contributed by atoms with E-state index >= 15 is 0 Å². The lowest BCUT2D eigenvalue weighted by Gasteiger charge is -2.50. The van der Waals surface area contributed by atoms with Crippen LogP contribution in [0.25, 0.3) is 11.0 Å². The Morgan fingerprint density at radius 2 is 1.79 bits per heavy atom. The average molecular weight is 396 g/mol. The van der Waals surface area contributed by atoms with E-state index in [9.17, 15) is 23.4 Å². The molecule has 1 fully saturated rings. The lowest BCUT2D eigenvalue weighted by molar-refractivity contribution is -0.156. The molecule has 0 radical (unpaired) electrons. The van der Waals surface area contributed by atoms with Gasteiger partial charge in [-0.2, -0.15) is 13.2 Å². The second-order valence-corrected chi connectivity index (χ2v) is 9.57. The fourth-order valence-electron chi connectivity index (χ4n) is 6.13. The third-order valence-electron chi connectivity index (χ3n) is 7.45. The summed E-state index contributed by atoms with van der Waals surface area (Å²) in [6, 6.07) is 1.38. The Labute approximate surface area is 162 Å². The van der Waals surface area contributed by atoms with Gasteiger partial charge < -0.3 is 14.6 Å². The number of aromatic hydroxyl groups is 2. The van der Waals surface area contributed by atoms with E-state index in [1.54, 1.807) is 6.92 Å². The predicted molar refractivity (Wildman–Crippen MR) is 101 cm³/mol. The summed E-state index contributed by atoms with van der Waals surface area (Å²) >= 11 is 0. The number of aryl methyl sites for hydroxylation is 1. The molecule has 0 aliphatic heterocycles. The molecule has 0 bridgehead atoms. The second-order valence-electron chi connectivity index (χ2n) is 9.57. The highest BCUT2D eigenvalue weighted by atomic mass is 19.4. The number of phenolic OH excluding ortho intramolecular Hbond substituents is 2. The smallest absolute Gasteiger partial charge is 0.398 e. The minimum atomic E-state index is -4.41. The molecule has 28 heavy (non-hydrogen) atoms. The molecule has 0 amide bonds. The third kappa shape index (κ3) is 2.56. The Bertz CT molecular complexity index is 941. The van der Waals surface area contributed by atoms with Crippen molar-refractivity contribution in [1.82, 2.24) is 0 Å². The van der Waals surface area contributed by atoms with Gasteiger partial charge in [-0.15, -0.1) is 0 Å². The molecule has 1 heterocycles. The molecule has 0 saturated heterocycles. The topological polar surface area (TPSA) is 53.6 Å². The zero-order chi connectivity index (χ0) is 20.6. The van der Waals surface area contributed by atoms with Crippen LogP contribution >= 0.6 is 0 Å². The van der Waals surface area contributed by atoms with Crippen molar-refractivity contribution >= 4 is 11.0 Å². The van der Waals surface area contributed by atoms with Gasteiger partial charge in [-0.1, -0.05) is 27.2 Å². The van der Waals surface area contributed by atoms with E-state index in [0.717, 1.165) is 19.3 Å². The molecule has 4 rings (SSSR count). The van der Waals surface area contributed by atoms with Crippen molar-refractivity contribution in [2.45, 2.75) is 77.3 Å². The molecule has 1 saturated carbocycles. The highest BCUT2D eigenvalue weighted by Crippen LogP contribution is 2.61. The van der Waals surface area contributed by atoms with Crippen molar-refractivity contribution in [3.8, 4) is 11.5 Å². The number of hydrogen-bond acceptors (Lipinski definition) is 3. The summed E-state index contributed by atoms with van der Waals surface area (Å²) < 4.78 is 47.9. The molecule has 1 unspecified atom stereocenters. The number of phenols is 2. The van der Waals surface area contributed by atoms with Crippen LogP contribution in [0.4, 0.5) is 13.2 Å².